The zero-order valence-corrected chi connectivity index (χ0v) is 17.4. The molecule has 0 saturated carbocycles. The molecule has 28 heavy (non-hydrogen) atoms. The molecular formula is C23H30ClNO3. The number of nitrogens with zero attached hydrogens (tertiary/aromatic N) is 1. The largest absolute Gasteiger partial charge is 0.496 e. The first-order chi connectivity index (χ1) is 13.7. The van der Waals surface area contributed by atoms with Crippen LogP contribution in [0.4, 0.5) is 0 Å². The van der Waals surface area contributed by atoms with Crippen molar-refractivity contribution in [2.24, 2.45) is 0 Å². The van der Waals surface area contributed by atoms with Crippen LogP contribution in [0.5, 0.6) is 11.5 Å². The van der Waals surface area contributed by atoms with Crippen LogP contribution in [0, 0.1) is 0 Å². The number of alkyl halides is 1. The number of aliphatic hydroxyl groups excluding tert-OH is 1. The Bertz CT molecular complexity index is 705. The van der Waals surface area contributed by atoms with E-state index >= 15 is 0 Å². The number of para-hydroxylation sites is 2. The predicted octanol–water partition coefficient (Wildman–Crippen LogP) is 4.29. The summed E-state index contributed by atoms with van der Waals surface area (Å²) in [5.74, 6) is 2.38. The number of piperidine rings is 1. The Morgan fingerprint density at radius 1 is 1.04 bits per heavy atom. The van der Waals surface area contributed by atoms with Crippen LogP contribution in [-0.2, 0) is 0 Å². The van der Waals surface area contributed by atoms with Crippen LogP contribution in [0.1, 0.15) is 36.3 Å². The van der Waals surface area contributed by atoms with E-state index in [1.165, 1.54) is 0 Å². The first-order valence-corrected chi connectivity index (χ1v) is 10.5. The summed E-state index contributed by atoms with van der Waals surface area (Å²) in [6, 6.07) is 16.4. The Morgan fingerprint density at radius 3 is 2.14 bits per heavy atom. The highest BCUT2D eigenvalue weighted by molar-refractivity contribution is 6.17. The SMILES string of the molecule is COc1ccccc1C(c1ccccc1OC)C1CC(O)CCN1CCCCl. The van der Waals surface area contributed by atoms with Gasteiger partial charge in [-0.3, -0.25) is 4.90 Å². The average Bonchev–Trinajstić information content (AvgIpc) is 2.74. The van der Waals surface area contributed by atoms with Crippen molar-refractivity contribution in [3.8, 4) is 11.5 Å². The highest BCUT2D eigenvalue weighted by Gasteiger charge is 2.37. The summed E-state index contributed by atoms with van der Waals surface area (Å²) in [6.07, 6.45) is 2.13. The van der Waals surface area contributed by atoms with Gasteiger partial charge < -0.3 is 14.6 Å². The van der Waals surface area contributed by atoms with E-state index in [1.54, 1.807) is 14.2 Å². The lowest BCUT2D eigenvalue weighted by atomic mass is 9.79. The van der Waals surface area contributed by atoms with E-state index in [4.69, 9.17) is 21.1 Å². The summed E-state index contributed by atoms with van der Waals surface area (Å²) in [6.45, 7) is 1.78. The quantitative estimate of drug-likeness (QED) is 0.667. The molecule has 1 N–H and O–H groups in total. The lowest BCUT2D eigenvalue weighted by Gasteiger charge is -2.43. The molecule has 0 amide bonds. The molecule has 1 heterocycles. The Kier molecular flexibility index (Phi) is 7.60. The number of likely N-dealkylation sites (tertiary alicyclic amines) is 1. The van der Waals surface area contributed by atoms with Gasteiger partial charge in [-0.15, -0.1) is 11.6 Å². The van der Waals surface area contributed by atoms with E-state index in [0.29, 0.717) is 12.3 Å². The Labute approximate surface area is 173 Å². The molecule has 1 aliphatic heterocycles. The fraction of sp³-hybridized carbons (Fsp3) is 0.478. The van der Waals surface area contributed by atoms with Crippen LogP contribution in [-0.4, -0.2) is 55.3 Å². The molecule has 0 radical (unpaired) electrons. The maximum atomic E-state index is 10.5. The van der Waals surface area contributed by atoms with Crippen LogP contribution in [0.25, 0.3) is 0 Å². The van der Waals surface area contributed by atoms with Crippen molar-refractivity contribution < 1.29 is 14.6 Å². The van der Waals surface area contributed by atoms with E-state index < -0.39 is 0 Å². The molecular weight excluding hydrogens is 374 g/mol. The number of hydrogen-bond donors (Lipinski definition) is 1. The van der Waals surface area contributed by atoms with Crippen molar-refractivity contribution in [3.63, 3.8) is 0 Å². The normalized spacial score (nSPS) is 20.3. The summed E-state index contributed by atoms with van der Waals surface area (Å²) in [5, 5.41) is 10.5. The number of hydrogen-bond acceptors (Lipinski definition) is 4. The second-order valence-electron chi connectivity index (χ2n) is 7.29. The number of methoxy groups -OCH3 is 2. The first-order valence-electron chi connectivity index (χ1n) is 9.93. The van der Waals surface area contributed by atoms with Gasteiger partial charge in [-0.05, 0) is 37.9 Å². The number of rotatable bonds is 8. The minimum Gasteiger partial charge on any atom is -0.496 e. The molecule has 1 aliphatic rings. The van der Waals surface area contributed by atoms with Gasteiger partial charge in [-0.25, -0.2) is 0 Å². The average molecular weight is 404 g/mol. The fourth-order valence-electron chi connectivity index (χ4n) is 4.34. The molecule has 152 valence electrons. The third-order valence-electron chi connectivity index (χ3n) is 5.64. The molecule has 0 spiro atoms. The van der Waals surface area contributed by atoms with Gasteiger partial charge in [-0.2, -0.15) is 0 Å². The van der Waals surface area contributed by atoms with Gasteiger partial charge in [0.1, 0.15) is 11.5 Å². The second kappa shape index (κ2) is 10.1. The third-order valence-corrected chi connectivity index (χ3v) is 5.91. The van der Waals surface area contributed by atoms with Crippen molar-refractivity contribution in [2.45, 2.75) is 37.3 Å². The van der Waals surface area contributed by atoms with Crippen molar-refractivity contribution in [1.29, 1.82) is 0 Å². The fourth-order valence-corrected chi connectivity index (χ4v) is 4.46. The zero-order chi connectivity index (χ0) is 19.9. The monoisotopic (exact) mass is 403 g/mol. The summed E-state index contributed by atoms with van der Waals surface area (Å²) < 4.78 is 11.4. The molecule has 4 nitrogen and oxygen atoms in total. The van der Waals surface area contributed by atoms with Crippen molar-refractivity contribution in [3.05, 3.63) is 59.7 Å². The predicted molar refractivity (Wildman–Crippen MR) is 114 cm³/mol. The third kappa shape index (κ3) is 4.62. The molecule has 2 unspecified atom stereocenters. The van der Waals surface area contributed by atoms with E-state index in [-0.39, 0.29) is 18.1 Å². The van der Waals surface area contributed by atoms with Gasteiger partial charge in [0.25, 0.3) is 0 Å². The van der Waals surface area contributed by atoms with Gasteiger partial charge in [-0.1, -0.05) is 36.4 Å². The standard InChI is InChI=1S/C23H30ClNO3/c1-27-21-10-5-3-8-18(21)23(19-9-4-6-11-22(19)28-2)20-16-17(26)12-15-25(20)14-7-13-24/h3-6,8-11,17,20,23,26H,7,12-16H2,1-2H3. The molecule has 0 bridgehead atoms. The van der Waals surface area contributed by atoms with Crippen LogP contribution in [0.15, 0.2) is 48.5 Å². The second-order valence-corrected chi connectivity index (χ2v) is 7.66. The topological polar surface area (TPSA) is 41.9 Å². The van der Waals surface area contributed by atoms with Crippen molar-refractivity contribution >= 4 is 11.6 Å². The van der Waals surface area contributed by atoms with Crippen LogP contribution in [0.2, 0.25) is 0 Å². The first kappa shape index (κ1) is 21.0. The van der Waals surface area contributed by atoms with Crippen molar-refractivity contribution in [2.75, 3.05) is 33.2 Å². The Morgan fingerprint density at radius 2 is 1.61 bits per heavy atom. The molecule has 5 heteroatoms. The van der Waals surface area contributed by atoms with Gasteiger partial charge in [0.15, 0.2) is 0 Å². The minimum absolute atomic E-state index is 0.0255. The van der Waals surface area contributed by atoms with Crippen molar-refractivity contribution in [1.82, 2.24) is 4.90 Å². The van der Waals surface area contributed by atoms with E-state index in [2.05, 4.69) is 17.0 Å². The van der Waals surface area contributed by atoms with E-state index in [9.17, 15) is 5.11 Å². The highest BCUT2D eigenvalue weighted by atomic mass is 35.5. The lowest BCUT2D eigenvalue weighted by Crippen LogP contribution is -2.48. The smallest absolute Gasteiger partial charge is 0.122 e. The number of halogens is 1. The molecule has 0 aromatic heterocycles. The van der Waals surface area contributed by atoms with Crippen LogP contribution < -0.4 is 9.47 Å². The van der Waals surface area contributed by atoms with Gasteiger partial charge in [0.2, 0.25) is 0 Å². The lowest BCUT2D eigenvalue weighted by molar-refractivity contribution is 0.0348. The Balaban J connectivity index is 2.11. The summed E-state index contributed by atoms with van der Waals surface area (Å²) in [7, 11) is 3.41. The van der Waals surface area contributed by atoms with E-state index in [1.807, 2.05) is 36.4 Å². The van der Waals surface area contributed by atoms with Gasteiger partial charge >= 0.3 is 0 Å². The van der Waals surface area contributed by atoms with Gasteiger partial charge in [0.05, 0.1) is 20.3 Å². The molecule has 1 fully saturated rings. The van der Waals surface area contributed by atoms with Gasteiger partial charge in [0, 0.05) is 35.5 Å². The number of ether oxygens (including phenoxy) is 2. The van der Waals surface area contributed by atoms with Crippen LogP contribution in [0.3, 0.4) is 0 Å². The summed E-state index contributed by atoms with van der Waals surface area (Å²) in [4.78, 5) is 2.47. The summed E-state index contributed by atoms with van der Waals surface area (Å²) >= 11 is 5.99. The Hall–Kier alpha value is -1.75. The molecule has 2 aromatic rings. The molecule has 2 atom stereocenters. The zero-order valence-electron chi connectivity index (χ0n) is 16.7. The maximum absolute atomic E-state index is 10.5. The minimum atomic E-state index is -0.302. The maximum Gasteiger partial charge on any atom is 0.122 e. The highest BCUT2D eigenvalue weighted by Crippen LogP contribution is 2.42. The number of benzene rings is 2. The molecule has 0 aliphatic carbocycles. The van der Waals surface area contributed by atoms with E-state index in [0.717, 1.165) is 48.6 Å². The van der Waals surface area contributed by atoms with Crippen LogP contribution >= 0.6 is 11.6 Å². The summed E-state index contributed by atoms with van der Waals surface area (Å²) in [5.41, 5.74) is 2.23. The number of aliphatic hydroxyl groups is 1. The molecule has 2 aromatic carbocycles. The molecule has 3 rings (SSSR count). The molecule has 1 saturated heterocycles.